The Morgan fingerprint density at radius 1 is 0.871 bits per heavy atom. The average Bonchev–Trinajstić information content (AvgIpc) is 2.69. The summed E-state index contributed by atoms with van der Waals surface area (Å²) in [4.78, 5) is 23.5. The summed E-state index contributed by atoms with van der Waals surface area (Å²) in [5.41, 5.74) is -1.43. The zero-order chi connectivity index (χ0) is 23.0. The van der Waals surface area contributed by atoms with Gasteiger partial charge in [-0.1, -0.05) is 59.6 Å². The number of anilines is 1. The predicted octanol–water partition coefficient (Wildman–Crippen LogP) is 6.88. The quantitative estimate of drug-likeness (QED) is 0.336. The molecule has 3 rings (SSSR count). The van der Waals surface area contributed by atoms with Crippen molar-refractivity contribution >= 4 is 40.8 Å². The molecule has 0 bridgehead atoms. The van der Waals surface area contributed by atoms with Crippen LogP contribution in [0.3, 0.4) is 0 Å². The number of hydrogen-bond donors (Lipinski definition) is 1. The Hall–Kier alpha value is -3.03. The lowest BCUT2D eigenvalue weighted by molar-refractivity contribution is -0.141. The van der Waals surface area contributed by atoms with E-state index in [1.165, 1.54) is 12.1 Å². The van der Waals surface area contributed by atoms with Crippen LogP contribution >= 0.6 is 23.2 Å². The number of benzene rings is 3. The van der Waals surface area contributed by atoms with Crippen LogP contribution in [0.15, 0.2) is 72.8 Å². The van der Waals surface area contributed by atoms with Crippen molar-refractivity contribution < 1.29 is 27.5 Å². The maximum atomic E-state index is 13.1. The molecule has 3 aromatic carbocycles. The van der Waals surface area contributed by atoms with E-state index in [0.29, 0.717) is 0 Å². The molecule has 0 saturated carbocycles. The van der Waals surface area contributed by atoms with Crippen molar-refractivity contribution in [2.45, 2.75) is 13.1 Å². The van der Waals surface area contributed by atoms with Crippen LogP contribution in [0, 0.1) is 0 Å². The van der Waals surface area contributed by atoms with Gasteiger partial charge in [-0.05, 0) is 36.4 Å². The fourth-order valence-electron chi connectivity index (χ4n) is 2.36. The molecule has 9 heteroatoms. The molecule has 162 valence electrons. The first-order valence-corrected chi connectivity index (χ1v) is 9.50. The first-order valence-electron chi connectivity index (χ1n) is 8.74. The normalized spacial score (nSPS) is 10.5. The summed E-state index contributed by atoms with van der Waals surface area (Å²) < 4.78 is 43.9. The van der Waals surface area contributed by atoms with Crippen LogP contribution in [0.25, 0.3) is 0 Å². The SMILES string of the molecule is CC(=O)Oc1c(C(=O)Nc2ccccc2Cl)cccc1C(F)(F)F.Clc1ccccc1. The van der Waals surface area contributed by atoms with Gasteiger partial charge in [-0.15, -0.1) is 0 Å². The Balaban J connectivity index is 0.000000412. The third-order valence-corrected chi connectivity index (χ3v) is 4.25. The van der Waals surface area contributed by atoms with Gasteiger partial charge in [0.05, 0.1) is 21.8 Å². The lowest BCUT2D eigenvalue weighted by Gasteiger charge is -2.16. The number of para-hydroxylation sites is 2. The minimum absolute atomic E-state index is 0.215. The van der Waals surface area contributed by atoms with E-state index in [0.717, 1.165) is 30.1 Å². The average molecular weight is 470 g/mol. The van der Waals surface area contributed by atoms with E-state index in [9.17, 15) is 22.8 Å². The monoisotopic (exact) mass is 469 g/mol. The van der Waals surface area contributed by atoms with Gasteiger partial charge in [0.15, 0.2) is 5.75 Å². The highest BCUT2D eigenvalue weighted by Gasteiger charge is 2.37. The topological polar surface area (TPSA) is 55.4 Å². The molecule has 0 aliphatic carbocycles. The fraction of sp³-hybridized carbons (Fsp3) is 0.0909. The molecular weight excluding hydrogens is 454 g/mol. The Kier molecular flexibility index (Phi) is 8.47. The van der Waals surface area contributed by atoms with Gasteiger partial charge in [0.25, 0.3) is 5.91 Å². The van der Waals surface area contributed by atoms with E-state index in [1.807, 2.05) is 30.3 Å². The number of amides is 1. The van der Waals surface area contributed by atoms with Crippen molar-refractivity contribution in [1.82, 2.24) is 0 Å². The Morgan fingerprint density at radius 2 is 1.48 bits per heavy atom. The second-order valence-electron chi connectivity index (χ2n) is 6.00. The first kappa shape index (κ1) is 24.2. The van der Waals surface area contributed by atoms with Crippen LogP contribution in [0.1, 0.15) is 22.8 Å². The highest BCUT2D eigenvalue weighted by Crippen LogP contribution is 2.38. The molecule has 1 N–H and O–H groups in total. The van der Waals surface area contributed by atoms with Gasteiger partial charge in [-0.25, -0.2) is 0 Å². The largest absolute Gasteiger partial charge is 0.425 e. The van der Waals surface area contributed by atoms with Crippen molar-refractivity contribution in [3.63, 3.8) is 0 Å². The number of rotatable bonds is 3. The van der Waals surface area contributed by atoms with Gasteiger partial charge in [0, 0.05) is 11.9 Å². The standard InChI is InChI=1S/C16H11ClF3NO3.C6H5Cl/c1-9(22)24-14-10(5-4-6-11(14)16(18,19)20)15(23)21-13-8-3-2-7-12(13)17;7-6-4-2-1-3-5-6/h2-8H,1H3,(H,21,23);1-5H. The first-order chi connectivity index (χ1) is 14.6. The second kappa shape index (κ2) is 10.8. The van der Waals surface area contributed by atoms with E-state index in [1.54, 1.807) is 12.1 Å². The van der Waals surface area contributed by atoms with Crippen LogP contribution < -0.4 is 10.1 Å². The van der Waals surface area contributed by atoms with Crippen molar-refractivity contribution in [3.05, 3.63) is 94.0 Å². The minimum Gasteiger partial charge on any atom is -0.425 e. The lowest BCUT2D eigenvalue weighted by Crippen LogP contribution is -2.18. The smallest absolute Gasteiger partial charge is 0.420 e. The molecule has 0 fully saturated rings. The summed E-state index contributed by atoms with van der Waals surface area (Å²) in [6, 6.07) is 18.6. The zero-order valence-electron chi connectivity index (χ0n) is 16.0. The number of alkyl halides is 3. The molecule has 0 heterocycles. The predicted molar refractivity (Wildman–Crippen MR) is 114 cm³/mol. The summed E-state index contributed by atoms with van der Waals surface area (Å²) in [5.74, 6) is -2.70. The number of carbonyl (C=O) groups is 2. The number of esters is 1. The molecule has 31 heavy (non-hydrogen) atoms. The summed E-state index contributed by atoms with van der Waals surface area (Å²) >= 11 is 11.4. The van der Waals surface area contributed by atoms with Crippen LogP contribution in [-0.2, 0) is 11.0 Å². The van der Waals surface area contributed by atoms with Crippen LogP contribution in [0.4, 0.5) is 18.9 Å². The van der Waals surface area contributed by atoms with E-state index in [-0.39, 0.29) is 10.7 Å². The van der Waals surface area contributed by atoms with Gasteiger partial charge in [-0.3, -0.25) is 9.59 Å². The highest BCUT2D eigenvalue weighted by molar-refractivity contribution is 6.34. The zero-order valence-corrected chi connectivity index (χ0v) is 17.6. The van der Waals surface area contributed by atoms with Crippen LogP contribution in [0.5, 0.6) is 5.75 Å². The number of ether oxygens (including phenoxy) is 1. The third kappa shape index (κ3) is 7.31. The van der Waals surface area contributed by atoms with Crippen molar-refractivity contribution in [1.29, 1.82) is 0 Å². The molecule has 0 aliphatic heterocycles. The van der Waals surface area contributed by atoms with E-state index in [2.05, 4.69) is 10.1 Å². The molecule has 1 amide bonds. The highest BCUT2D eigenvalue weighted by atomic mass is 35.5. The molecule has 0 saturated heterocycles. The van der Waals surface area contributed by atoms with Crippen molar-refractivity contribution in [2.24, 2.45) is 0 Å². The molecular formula is C22H16Cl2F3NO3. The molecule has 3 aromatic rings. The molecule has 0 unspecified atom stereocenters. The second-order valence-corrected chi connectivity index (χ2v) is 6.85. The molecule has 0 spiro atoms. The maximum absolute atomic E-state index is 13.1. The van der Waals surface area contributed by atoms with Gasteiger partial charge in [0.2, 0.25) is 0 Å². The molecule has 0 aliphatic rings. The fourth-order valence-corrected chi connectivity index (χ4v) is 2.69. The Bertz CT molecular complexity index is 1060. The van der Waals surface area contributed by atoms with E-state index >= 15 is 0 Å². The van der Waals surface area contributed by atoms with Gasteiger partial charge in [0.1, 0.15) is 0 Å². The number of carbonyl (C=O) groups excluding carboxylic acids is 2. The number of hydrogen-bond acceptors (Lipinski definition) is 3. The Morgan fingerprint density at radius 3 is 2.00 bits per heavy atom. The number of nitrogens with one attached hydrogen (secondary N) is 1. The van der Waals surface area contributed by atoms with E-state index in [4.69, 9.17) is 23.2 Å². The van der Waals surface area contributed by atoms with Gasteiger partial charge >= 0.3 is 12.1 Å². The van der Waals surface area contributed by atoms with Crippen molar-refractivity contribution in [2.75, 3.05) is 5.32 Å². The molecule has 4 nitrogen and oxygen atoms in total. The summed E-state index contributed by atoms with van der Waals surface area (Å²) in [6.07, 6.45) is -4.79. The maximum Gasteiger partial charge on any atom is 0.420 e. The summed E-state index contributed by atoms with van der Waals surface area (Å²) in [7, 11) is 0. The summed E-state index contributed by atoms with van der Waals surface area (Å²) in [6.45, 7) is 0.947. The lowest BCUT2D eigenvalue weighted by atomic mass is 10.1. The van der Waals surface area contributed by atoms with Crippen molar-refractivity contribution in [3.8, 4) is 5.75 Å². The Labute approximate surface area is 186 Å². The van der Waals surface area contributed by atoms with Crippen LogP contribution in [0.2, 0.25) is 10.0 Å². The summed E-state index contributed by atoms with van der Waals surface area (Å²) in [5, 5.41) is 3.40. The third-order valence-electron chi connectivity index (χ3n) is 3.67. The molecule has 0 radical (unpaired) electrons. The van der Waals surface area contributed by atoms with Gasteiger partial charge in [-0.2, -0.15) is 13.2 Å². The molecule has 0 atom stereocenters. The van der Waals surface area contributed by atoms with E-state index < -0.39 is 34.9 Å². The van der Waals surface area contributed by atoms with Crippen LogP contribution in [-0.4, -0.2) is 11.9 Å². The minimum atomic E-state index is -4.79. The molecule has 0 aromatic heterocycles. The van der Waals surface area contributed by atoms with Gasteiger partial charge < -0.3 is 10.1 Å². The number of halogens is 5.